The van der Waals surface area contributed by atoms with E-state index in [1.54, 1.807) is 6.07 Å². The second-order valence-electron chi connectivity index (χ2n) is 4.74. The highest BCUT2D eigenvalue weighted by molar-refractivity contribution is 9.10. The Morgan fingerprint density at radius 2 is 2.33 bits per heavy atom. The molecule has 1 aromatic rings. The van der Waals surface area contributed by atoms with Gasteiger partial charge in [-0.25, -0.2) is 0 Å². The van der Waals surface area contributed by atoms with Crippen molar-refractivity contribution >= 4 is 34.5 Å². The second kappa shape index (κ2) is 6.08. The van der Waals surface area contributed by atoms with Crippen LogP contribution in [0.4, 0.5) is 0 Å². The van der Waals surface area contributed by atoms with Crippen LogP contribution >= 0.6 is 28.6 Å². The van der Waals surface area contributed by atoms with Gasteiger partial charge in [-0.1, -0.05) is 0 Å². The molecule has 1 aliphatic rings. The molecule has 98 valence electrons. The molecule has 1 amide bonds. The van der Waals surface area contributed by atoms with Crippen LogP contribution in [0.15, 0.2) is 27.6 Å². The third-order valence-corrected chi connectivity index (χ3v) is 4.12. The van der Waals surface area contributed by atoms with Gasteiger partial charge in [0.1, 0.15) is 0 Å². The SMILES string of the molecule is CN1CCCC(NC(=O)c2cc(S)ccc2Br)C1. The fourth-order valence-corrected chi connectivity index (χ4v) is 2.86. The zero-order valence-electron chi connectivity index (χ0n) is 10.3. The van der Waals surface area contributed by atoms with Crippen molar-refractivity contribution in [1.82, 2.24) is 10.2 Å². The lowest BCUT2D eigenvalue weighted by molar-refractivity contribution is 0.0911. The lowest BCUT2D eigenvalue weighted by Crippen LogP contribution is -2.46. The van der Waals surface area contributed by atoms with E-state index >= 15 is 0 Å². The number of likely N-dealkylation sites (N-methyl/N-ethyl adjacent to an activating group) is 1. The molecule has 0 spiro atoms. The van der Waals surface area contributed by atoms with Crippen LogP contribution in [0.25, 0.3) is 0 Å². The molecule has 0 bridgehead atoms. The highest BCUT2D eigenvalue weighted by Gasteiger charge is 2.20. The molecule has 1 heterocycles. The molecule has 5 heteroatoms. The zero-order chi connectivity index (χ0) is 13.1. The Kier molecular flexibility index (Phi) is 4.70. The van der Waals surface area contributed by atoms with Crippen LogP contribution in [-0.2, 0) is 0 Å². The average Bonchev–Trinajstić information content (AvgIpc) is 2.32. The number of likely N-dealkylation sites (tertiary alicyclic amines) is 1. The summed E-state index contributed by atoms with van der Waals surface area (Å²) in [5, 5.41) is 3.09. The van der Waals surface area contributed by atoms with Gasteiger partial charge < -0.3 is 10.2 Å². The van der Waals surface area contributed by atoms with Gasteiger partial charge in [-0.2, -0.15) is 0 Å². The topological polar surface area (TPSA) is 32.3 Å². The van der Waals surface area contributed by atoms with Gasteiger partial charge in [-0.05, 0) is 60.6 Å². The predicted octanol–water partition coefficient (Wildman–Crippen LogP) is 2.56. The highest BCUT2D eigenvalue weighted by atomic mass is 79.9. The average molecular weight is 329 g/mol. The Hall–Kier alpha value is -0.520. The van der Waals surface area contributed by atoms with Gasteiger partial charge in [0.2, 0.25) is 0 Å². The minimum Gasteiger partial charge on any atom is -0.348 e. The number of rotatable bonds is 2. The quantitative estimate of drug-likeness (QED) is 0.818. The summed E-state index contributed by atoms with van der Waals surface area (Å²) in [6.07, 6.45) is 2.18. The number of benzene rings is 1. The summed E-state index contributed by atoms with van der Waals surface area (Å²) >= 11 is 7.67. The van der Waals surface area contributed by atoms with Gasteiger partial charge in [-0.3, -0.25) is 4.79 Å². The molecule has 1 aliphatic heterocycles. The van der Waals surface area contributed by atoms with Gasteiger partial charge in [0.25, 0.3) is 5.91 Å². The van der Waals surface area contributed by atoms with E-state index in [9.17, 15) is 4.79 Å². The first-order valence-corrected chi connectivity index (χ1v) is 7.28. The van der Waals surface area contributed by atoms with Crippen molar-refractivity contribution in [1.29, 1.82) is 0 Å². The molecular formula is C13H17BrN2OS. The van der Waals surface area contributed by atoms with Crippen LogP contribution in [-0.4, -0.2) is 37.0 Å². The Morgan fingerprint density at radius 1 is 1.56 bits per heavy atom. The number of nitrogens with one attached hydrogen (secondary N) is 1. The molecule has 3 nitrogen and oxygen atoms in total. The maximum atomic E-state index is 12.2. The first-order chi connectivity index (χ1) is 8.56. The third-order valence-electron chi connectivity index (χ3n) is 3.15. The number of nitrogens with zero attached hydrogens (tertiary/aromatic N) is 1. The molecule has 18 heavy (non-hydrogen) atoms. The molecule has 1 unspecified atom stereocenters. The molecule has 1 fully saturated rings. The van der Waals surface area contributed by atoms with Gasteiger partial charge >= 0.3 is 0 Å². The Morgan fingerprint density at radius 3 is 3.06 bits per heavy atom. The second-order valence-corrected chi connectivity index (χ2v) is 6.11. The summed E-state index contributed by atoms with van der Waals surface area (Å²) in [5.41, 5.74) is 0.649. The van der Waals surface area contributed by atoms with Crippen molar-refractivity contribution < 1.29 is 4.79 Å². The van der Waals surface area contributed by atoms with Crippen molar-refractivity contribution in [2.45, 2.75) is 23.8 Å². The Balaban J connectivity index is 2.05. The minimum absolute atomic E-state index is 0.0296. The van der Waals surface area contributed by atoms with Crippen molar-refractivity contribution in [3.63, 3.8) is 0 Å². The molecule has 0 aliphatic carbocycles. The van der Waals surface area contributed by atoms with E-state index in [0.29, 0.717) is 5.56 Å². The lowest BCUT2D eigenvalue weighted by atomic mass is 10.1. The smallest absolute Gasteiger partial charge is 0.252 e. The molecule has 0 aromatic heterocycles. The maximum Gasteiger partial charge on any atom is 0.252 e. The summed E-state index contributed by atoms with van der Waals surface area (Å²) in [6, 6.07) is 5.74. The number of hydrogen-bond donors (Lipinski definition) is 2. The van der Waals surface area contributed by atoms with Crippen LogP contribution in [0, 0.1) is 0 Å². The lowest BCUT2D eigenvalue weighted by Gasteiger charge is -2.30. The summed E-state index contributed by atoms with van der Waals surface area (Å²) in [5.74, 6) is -0.0296. The standard InChI is InChI=1S/C13H17BrN2OS/c1-16-6-2-3-9(8-16)15-13(17)11-7-10(18)4-5-12(11)14/h4-5,7,9,18H,2-3,6,8H2,1H3,(H,15,17). The number of thiol groups is 1. The molecule has 0 saturated carbocycles. The largest absolute Gasteiger partial charge is 0.348 e. The number of hydrogen-bond acceptors (Lipinski definition) is 3. The number of carbonyl (C=O) groups excluding carboxylic acids is 1. The first-order valence-electron chi connectivity index (χ1n) is 6.04. The van der Waals surface area contributed by atoms with Crippen LogP contribution < -0.4 is 5.32 Å². The summed E-state index contributed by atoms with van der Waals surface area (Å²) in [6.45, 7) is 2.03. The summed E-state index contributed by atoms with van der Waals surface area (Å²) in [4.78, 5) is 15.2. The normalized spacial score (nSPS) is 20.7. The molecule has 1 N–H and O–H groups in total. The molecule has 1 aromatic carbocycles. The maximum absolute atomic E-state index is 12.2. The van der Waals surface area contributed by atoms with Crippen molar-refractivity contribution in [2.75, 3.05) is 20.1 Å². The van der Waals surface area contributed by atoms with E-state index in [4.69, 9.17) is 0 Å². The number of halogens is 1. The fourth-order valence-electron chi connectivity index (χ4n) is 2.23. The van der Waals surface area contributed by atoms with Gasteiger partial charge in [0, 0.05) is 22.0 Å². The number of piperidine rings is 1. The van der Waals surface area contributed by atoms with Crippen LogP contribution in [0.3, 0.4) is 0 Å². The van der Waals surface area contributed by atoms with Crippen LogP contribution in [0.1, 0.15) is 23.2 Å². The highest BCUT2D eigenvalue weighted by Crippen LogP contribution is 2.20. The van der Waals surface area contributed by atoms with E-state index in [2.05, 4.69) is 45.8 Å². The van der Waals surface area contributed by atoms with Crippen molar-refractivity contribution in [3.05, 3.63) is 28.2 Å². The van der Waals surface area contributed by atoms with E-state index in [0.717, 1.165) is 35.3 Å². The molecule has 1 saturated heterocycles. The minimum atomic E-state index is -0.0296. The Bertz CT molecular complexity index is 453. The Labute approximate surface area is 121 Å². The first kappa shape index (κ1) is 13.9. The molecule has 2 rings (SSSR count). The van der Waals surface area contributed by atoms with E-state index < -0.39 is 0 Å². The van der Waals surface area contributed by atoms with Gasteiger partial charge in [0.15, 0.2) is 0 Å². The summed E-state index contributed by atoms with van der Waals surface area (Å²) in [7, 11) is 2.09. The molecular weight excluding hydrogens is 312 g/mol. The molecule has 1 atom stereocenters. The zero-order valence-corrected chi connectivity index (χ0v) is 12.8. The van der Waals surface area contributed by atoms with Gasteiger partial charge in [-0.15, -0.1) is 12.6 Å². The number of carbonyl (C=O) groups is 1. The van der Waals surface area contributed by atoms with Gasteiger partial charge in [0.05, 0.1) is 5.56 Å². The van der Waals surface area contributed by atoms with Crippen LogP contribution in [0.2, 0.25) is 0 Å². The van der Waals surface area contributed by atoms with Crippen LogP contribution in [0.5, 0.6) is 0 Å². The molecule has 0 radical (unpaired) electrons. The fraction of sp³-hybridized carbons (Fsp3) is 0.462. The predicted molar refractivity (Wildman–Crippen MR) is 79.4 cm³/mol. The van der Waals surface area contributed by atoms with Crippen molar-refractivity contribution in [2.24, 2.45) is 0 Å². The summed E-state index contributed by atoms with van der Waals surface area (Å²) < 4.78 is 0.807. The number of amides is 1. The van der Waals surface area contributed by atoms with E-state index in [1.165, 1.54) is 0 Å². The monoisotopic (exact) mass is 328 g/mol. The van der Waals surface area contributed by atoms with Crippen molar-refractivity contribution in [3.8, 4) is 0 Å². The van der Waals surface area contributed by atoms with E-state index in [1.807, 2.05) is 12.1 Å². The third kappa shape index (κ3) is 3.49. The van der Waals surface area contributed by atoms with E-state index in [-0.39, 0.29) is 11.9 Å².